The van der Waals surface area contributed by atoms with Crippen molar-refractivity contribution in [1.29, 1.82) is 5.26 Å². The van der Waals surface area contributed by atoms with Crippen molar-refractivity contribution in [2.45, 2.75) is 38.5 Å². The summed E-state index contributed by atoms with van der Waals surface area (Å²) >= 11 is 0. The molecule has 1 aromatic rings. The number of nitrogens with zero attached hydrogens (tertiary/aromatic N) is 2. The fourth-order valence-electron chi connectivity index (χ4n) is 2.74. The van der Waals surface area contributed by atoms with Crippen molar-refractivity contribution < 1.29 is 13.9 Å². The molecule has 1 heterocycles. The van der Waals surface area contributed by atoms with E-state index in [1.54, 1.807) is 0 Å². The standard InChI is InChI=1S/C16H17FN2O2/c1-10(2)13-7-12(8-18)15(17)14(16(13)19-9-20)11-3-5-21-6-4-11/h7,10-11H,3-6H2,1-2H3. The molecule has 4 nitrogen and oxygen atoms in total. The molecule has 110 valence electrons. The van der Waals surface area contributed by atoms with Crippen molar-refractivity contribution >= 4 is 11.8 Å². The Morgan fingerprint density at radius 2 is 2.10 bits per heavy atom. The summed E-state index contributed by atoms with van der Waals surface area (Å²) in [5.41, 5.74) is 1.41. The minimum atomic E-state index is -0.567. The number of isocyanates is 1. The summed E-state index contributed by atoms with van der Waals surface area (Å²) in [6, 6.07) is 3.38. The summed E-state index contributed by atoms with van der Waals surface area (Å²) in [4.78, 5) is 14.5. The number of rotatable bonds is 3. The highest BCUT2D eigenvalue weighted by Crippen LogP contribution is 2.41. The van der Waals surface area contributed by atoms with Gasteiger partial charge in [-0.15, -0.1) is 0 Å². The summed E-state index contributed by atoms with van der Waals surface area (Å²) in [6.07, 6.45) is 2.83. The Labute approximate surface area is 123 Å². The van der Waals surface area contributed by atoms with Gasteiger partial charge in [0.2, 0.25) is 6.08 Å². The van der Waals surface area contributed by atoms with Crippen LogP contribution in [0.2, 0.25) is 0 Å². The van der Waals surface area contributed by atoms with Gasteiger partial charge in [-0.2, -0.15) is 10.3 Å². The number of hydrogen-bond acceptors (Lipinski definition) is 4. The number of carbonyl (C=O) groups excluding carboxylic acids is 1. The van der Waals surface area contributed by atoms with E-state index in [0.717, 1.165) is 0 Å². The predicted molar refractivity (Wildman–Crippen MR) is 75.8 cm³/mol. The van der Waals surface area contributed by atoms with Gasteiger partial charge in [0.05, 0.1) is 11.3 Å². The van der Waals surface area contributed by atoms with Crippen LogP contribution in [0.1, 0.15) is 55.2 Å². The Bertz CT molecular complexity index is 622. The van der Waals surface area contributed by atoms with Crippen molar-refractivity contribution in [3.8, 4) is 6.07 Å². The van der Waals surface area contributed by atoms with E-state index in [4.69, 9.17) is 10.00 Å². The van der Waals surface area contributed by atoms with Crippen LogP contribution in [-0.2, 0) is 9.53 Å². The first-order valence-electron chi connectivity index (χ1n) is 7.02. The first-order valence-corrected chi connectivity index (χ1v) is 7.02. The van der Waals surface area contributed by atoms with Gasteiger partial charge in [-0.25, -0.2) is 9.18 Å². The van der Waals surface area contributed by atoms with Crippen LogP contribution >= 0.6 is 0 Å². The maximum absolute atomic E-state index is 14.6. The van der Waals surface area contributed by atoms with Crippen LogP contribution in [-0.4, -0.2) is 19.3 Å². The number of benzene rings is 1. The Kier molecular flexibility index (Phi) is 4.85. The van der Waals surface area contributed by atoms with Gasteiger partial charge in [0.1, 0.15) is 11.9 Å². The second-order valence-electron chi connectivity index (χ2n) is 5.45. The fourth-order valence-corrected chi connectivity index (χ4v) is 2.74. The molecule has 0 amide bonds. The molecule has 1 fully saturated rings. The van der Waals surface area contributed by atoms with Gasteiger partial charge >= 0.3 is 0 Å². The van der Waals surface area contributed by atoms with Crippen LogP contribution in [0.25, 0.3) is 0 Å². The van der Waals surface area contributed by atoms with Crippen LogP contribution in [0.4, 0.5) is 10.1 Å². The molecule has 0 N–H and O–H groups in total. The molecular formula is C16H17FN2O2. The lowest BCUT2D eigenvalue weighted by Gasteiger charge is -2.25. The summed E-state index contributed by atoms with van der Waals surface area (Å²) in [5, 5.41) is 9.15. The fraction of sp³-hybridized carbons (Fsp3) is 0.500. The average Bonchev–Trinajstić information content (AvgIpc) is 2.48. The van der Waals surface area contributed by atoms with Gasteiger partial charge in [0.25, 0.3) is 0 Å². The molecule has 5 heteroatoms. The number of halogens is 1. The Balaban J connectivity index is 2.71. The third-order valence-electron chi connectivity index (χ3n) is 3.83. The van der Waals surface area contributed by atoms with Crippen LogP contribution in [0.5, 0.6) is 0 Å². The van der Waals surface area contributed by atoms with Crippen molar-refractivity contribution in [2.75, 3.05) is 13.2 Å². The minimum absolute atomic E-state index is 0.00467. The summed E-state index contributed by atoms with van der Waals surface area (Å²) < 4.78 is 19.9. The topological polar surface area (TPSA) is 62.4 Å². The molecule has 1 aromatic carbocycles. The van der Waals surface area contributed by atoms with Gasteiger partial charge in [0.15, 0.2) is 0 Å². The minimum Gasteiger partial charge on any atom is -0.381 e. The van der Waals surface area contributed by atoms with E-state index in [-0.39, 0.29) is 17.4 Å². The maximum atomic E-state index is 14.6. The molecular weight excluding hydrogens is 271 g/mol. The largest absolute Gasteiger partial charge is 0.381 e. The molecule has 0 unspecified atom stereocenters. The van der Waals surface area contributed by atoms with Crippen LogP contribution < -0.4 is 0 Å². The monoisotopic (exact) mass is 288 g/mol. The van der Waals surface area contributed by atoms with Crippen molar-refractivity contribution in [3.63, 3.8) is 0 Å². The zero-order chi connectivity index (χ0) is 15.4. The molecule has 2 rings (SSSR count). The zero-order valence-corrected chi connectivity index (χ0v) is 12.1. The van der Waals surface area contributed by atoms with Crippen LogP contribution in [0.15, 0.2) is 11.1 Å². The first-order chi connectivity index (χ1) is 10.1. The van der Waals surface area contributed by atoms with E-state index in [2.05, 4.69) is 4.99 Å². The molecule has 1 aliphatic heterocycles. The molecule has 0 aliphatic carbocycles. The quantitative estimate of drug-likeness (QED) is 0.629. The lowest BCUT2D eigenvalue weighted by atomic mass is 9.85. The van der Waals surface area contributed by atoms with E-state index >= 15 is 0 Å². The van der Waals surface area contributed by atoms with Crippen molar-refractivity contribution in [2.24, 2.45) is 4.99 Å². The Morgan fingerprint density at radius 1 is 1.43 bits per heavy atom. The third-order valence-corrected chi connectivity index (χ3v) is 3.83. The van der Waals surface area contributed by atoms with Crippen LogP contribution in [0.3, 0.4) is 0 Å². The highest BCUT2D eigenvalue weighted by molar-refractivity contribution is 5.64. The van der Waals surface area contributed by atoms with E-state index in [1.807, 2.05) is 19.9 Å². The lowest BCUT2D eigenvalue weighted by Crippen LogP contribution is -2.16. The van der Waals surface area contributed by atoms with Crippen molar-refractivity contribution in [1.82, 2.24) is 0 Å². The second kappa shape index (κ2) is 6.62. The average molecular weight is 288 g/mol. The molecule has 21 heavy (non-hydrogen) atoms. The van der Waals surface area contributed by atoms with Gasteiger partial charge in [-0.05, 0) is 36.3 Å². The molecule has 0 radical (unpaired) electrons. The molecule has 0 aromatic heterocycles. The summed E-state index contributed by atoms with van der Waals surface area (Å²) in [7, 11) is 0. The molecule has 0 spiro atoms. The highest BCUT2D eigenvalue weighted by atomic mass is 19.1. The molecule has 0 bridgehead atoms. The summed E-state index contributed by atoms with van der Waals surface area (Å²) in [5.74, 6) is -0.622. The van der Waals surface area contributed by atoms with Gasteiger partial charge in [0, 0.05) is 18.8 Å². The number of ether oxygens (including phenoxy) is 1. The number of nitriles is 1. The number of hydrogen-bond donors (Lipinski definition) is 0. The van der Waals surface area contributed by atoms with Gasteiger partial charge < -0.3 is 4.74 Å². The smallest absolute Gasteiger partial charge is 0.240 e. The predicted octanol–water partition coefficient (Wildman–Crippen LogP) is 3.68. The highest BCUT2D eigenvalue weighted by Gasteiger charge is 2.27. The normalized spacial score (nSPS) is 15.6. The van der Waals surface area contributed by atoms with E-state index in [9.17, 15) is 9.18 Å². The Morgan fingerprint density at radius 3 is 2.62 bits per heavy atom. The van der Waals surface area contributed by atoms with Gasteiger partial charge in [-0.1, -0.05) is 13.8 Å². The van der Waals surface area contributed by atoms with Gasteiger partial charge in [-0.3, -0.25) is 0 Å². The third kappa shape index (κ3) is 3.02. The van der Waals surface area contributed by atoms with Crippen molar-refractivity contribution in [3.05, 3.63) is 28.6 Å². The first kappa shape index (κ1) is 15.4. The maximum Gasteiger partial charge on any atom is 0.240 e. The lowest BCUT2D eigenvalue weighted by molar-refractivity contribution is 0.0847. The van der Waals surface area contributed by atoms with E-state index in [0.29, 0.717) is 42.9 Å². The Hall–Kier alpha value is -2.02. The number of aliphatic imine (C=N–C) groups is 1. The van der Waals surface area contributed by atoms with E-state index < -0.39 is 5.82 Å². The summed E-state index contributed by atoms with van der Waals surface area (Å²) in [6.45, 7) is 4.93. The molecule has 0 atom stereocenters. The van der Waals surface area contributed by atoms with E-state index in [1.165, 1.54) is 12.1 Å². The molecule has 1 saturated heterocycles. The molecule has 0 saturated carbocycles. The molecule has 1 aliphatic rings. The SMILES string of the molecule is CC(C)c1cc(C#N)c(F)c(C2CCOCC2)c1N=C=O. The second-order valence-corrected chi connectivity index (χ2v) is 5.45. The zero-order valence-electron chi connectivity index (χ0n) is 12.1. The van der Waals surface area contributed by atoms with Crippen LogP contribution in [0, 0.1) is 17.1 Å².